The van der Waals surface area contributed by atoms with Gasteiger partial charge in [-0.2, -0.15) is 5.10 Å². The summed E-state index contributed by atoms with van der Waals surface area (Å²) in [6, 6.07) is 0. The summed E-state index contributed by atoms with van der Waals surface area (Å²) in [6.07, 6.45) is 0. The van der Waals surface area contributed by atoms with Gasteiger partial charge in [0.05, 0.1) is 5.69 Å². The van der Waals surface area contributed by atoms with E-state index in [1.54, 1.807) is 0 Å². The van der Waals surface area contributed by atoms with Crippen LogP contribution in [-0.2, 0) is 11.5 Å². The number of alkyl halides is 1. The molecular weight excluding hydrogens is 239 g/mol. The highest BCUT2D eigenvalue weighted by Gasteiger charge is 2.05. The van der Waals surface area contributed by atoms with Gasteiger partial charge in [0.1, 0.15) is 0 Å². The normalized spacial score (nSPS) is 10.4. The molecule has 0 aliphatic carbocycles. The smallest absolute Gasteiger partial charge is 0.0753 e. The second kappa shape index (κ2) is 2.90. The molecule has 1 aromatic rings. The SMILES string of the molecule is Cc1c(CI)nn(C)c1C. The predicted molar refractivity (Wildman–Crippen MR) is 50.4 cm³/mol. The van der Waals surface area contributed by atoms with Crippen LogP contribution in [0.2, 0.25) is 0 Å². The Bertz CT molecular complexity index is 240. The van der Waals surface area contributed by atoms with Gasteiger partial charge in [-0.05, 0) is 19.4 Å². The van der Waals surface area contributed by atoms with Gasteiger partial charge in [-0.15, -0.1) is 0 Å². The van der Waals surface area contributed by atoms with Crippen LogP contribution in [-0.4, -0.2) is 9.78 Å². The van der Waals surface area contributed by atoms with Crippen LogP contribution >= 0.6 is 22.6 Å². The van der Waals surface area contributed by atoms with E-state index in [9.17, 15) is 0 Å². The lowest BCUT2D eigenvalue weighted by atomic mass is 10.2. The Kier molecular flexibility index (Phi) is 2.33. The molecule has 0 aliphatic rings. The molecule has 0 atom stereocenters. The molecule has 3 heteroatoms. The first kappa shape index (κ1) is 8.04. The second-order valence-electron chi connectivity index (χ2n) is 2.41. The molecule has 1 heterocycles. The fourth-order valence-corrected chi connectivity index (χ4v) is 1.63. The minimum atomic E-state index is 1.01. The van der Waals surface area contributed by atoms with Crippen molar-refractivity contribution in [3.8, 4) is 0 Å². The van der Waals surface area contributed by atoms with Crippen molar-refractivity contribution in [2.75, 3.05) is 0 Å². The summed E-state index contributed by atoms with van der Waals surface area (Å²) >= 11 is 2.33. The number of halogens is 1. The Morgan fingerprint density at radius 1 is 1.50 bits per heavy atom. The molecule has 0 N–H and O–H groups in total. The molecule has 0 fully saturated rings. The number of aromatic nitrogens is 2. The molecule has 56 valence electrons. The van der Waals surface area contributed by atoms with E-state index >= 15 is 0 Å². The maximum absolute atomic E-state index is 4.34. The average molecular weight is 250 g/mol. The molecule has 1 rings (SSSR count). The van der Waals surface area contributed by atoms with E-state index in [0.29, 0.717) is 0 Å². The van der Waals surface area contributed by atoms with Crippen LogP contribution in [0.3, 0.4) is 0 Å². The van der Waals surface area contributed by atoms with Crippen LogP contribution in [0.25, 0.3) is 0 Å². The largest absolute Gasteiger partial charge is 0.272 e. The van der Waals surface area contributed by atoms with Gasteiger partial charge in [-0.3, -0.25) is 4.68 Å². The Hall–Kier alpha value is -0.0600. The molecule has 0 aliphatic heterocycles. The lowest BCUT2D eigenvalue weighted by molar-refractivity contribution is 0.730. The first-order valence-corrected chi connectivity index (χ1v) is 4.74. The Balaban J connectivity index is 3.17. The third-order valence-corrected chi connectivity index (χ3v) is 2.58. The van der Waals surface area contributed by atoms with Crippen molar-refractivity contribution in [1.29, 1.82) is 0 Å². The Labute approximate surface area is 74.8 Å². The molecule has 0 saturated heterocycles. The predicted octanol–water partition coefficient (Wildman–Crippen LogP) is 1.97. The van der Waals surface area contributed by atoms with Crippen molar-refractivity contribution in [3.05, 3.63) is 17.0 Å². The van der Waals surface area contributed by atoms with Crippen molar-refractivity contribution in [2.45, 2.75) is 18.3 Å². The molecule has 1 aromatic heterocycles. The minimum absolute atomic E-state index is 1.01. The van der Waals surface area contributed by atoms with E-state index in [-0.39, 0.29) is 0 Å². The van der Waals surface area contributed by atoms with E-state index < -0.39 is 0 Å². The lowest BCUT2D eigenvalue weighted by Gasteiger charge is -1.91. The zero-order valence-corrected chi connectivity index (χ0v) is 8.64. The van der Waals surface area contributed by atoms with Crippen molar-refractivity contribution >= 4 is 22.6 Å². The maximum atomic E-state index is 4.34. The van der Waals surface area contributed by atoms with Crippen LogP contribution in [0.15, 0.2) is 0 Å². The molecule has 0 spiro atoms. The molecule has 0 saturated carbocycles. The summed E-state index contributed by atoms with van der Waals surface area (Å²) in [4.78, 5) is 0. The maximum Gasteiger partial charge on any atom is 0.0753 e. The zero-order chi connectivity index (χ0) is 7.72. The van der Waals surface area contributed by atoms with Gasteiger partial charge >= 0.3 is 0 Å². The Morgan fingerprint density at radius 3 is 2.30 bits per heavy atom. The summed E-state index contributed by atoms with van der Waals surface area (Å²) in [5, 5.41) is 4.34. The second-order valence-corrected chi connectivity index (χ2v) is 3.18. The molecule has 2 nitrogen and oxygen atoms in total. The van der Waals surface area contributed by atoms with Gasteiger partial charge in [0, 0.05) is 17.2 Å². The van der Waals surface area contributed by atoms with Crippen LogP contribution in [0.4, 0.5) is 0 Å². The quantitative estimate of drug-likeness (QED) is 0.550. The van der Waals surface area contributed by atoms with Crippen LogP contribution in [0.5, 0.6) is 0 Å². The van der Waals surface area contributed by atoms with Gasteiger partial charge in [0.15, 0.2) is 0 Å². The van der Waals surface area contributed by atoms with E-state index in [1.165, 1.54) is 17.0 Å². The van der Waals surface area contributed by atoms with Gasteiger partial charge < -0.3 is 0 Å². The molecule has 0 amide bonds. The third kappa shape index (κ3) is 1.19. The van der Waals surface area contributed by atoms with Gasteiger partial charge in [0.25, 0.3) is 0 Å². The van der Waals surface area contributed by atoms with E-state index in [1.807, 2.05) is 11.7 Å². The zero-order valence-electron chi connectivity index (χ0n) is 6.48. The van der Waals surface area contributed by atoms with E-state index in [2.05, 4.69) is 41.5 Å². The fourth-order valence-electron chi connectivity index (χ4n) is 0.910. The summed E-state index contributed by atoms with van der Waals surface area (Å²) in [7, 11) is 1.98. The highest BCUT2D eigenvalue weighted by atomic mass is 127. The minimum Gasteiger partial charge on any atom is -0.272 e. The van der Waals surface area contributed by atoms with Crippen molar-refractivity contribution in [3.63, 3.8) is 0 Å². The number of aryl methyl sites for hydroxylation is 1. The molecule has 0 bridgehead atoms. The number of nitrogens with zero attached hydrogens (tertiary/aromatic N) is 2. The molecule has 0 unspecified atom stereocenters. The molecule has 10 heavy (non-hydrogen) atoms. The van der Waals surface area contributed by atoms with Crippen molar-refractivity contribution in [1.82, 2.24) is 9.78 Å². The summed E-state index contributed by atoms with van der Waals surface area (Å²) < 4.78 is 2.94. The highest BCUT2D eigenvalue weighted by Crippen LogP contribution is 2.13. The van der Waals surface area contributed by atoms with Gasteiger partial charge in [-0.25, -0.2) is 0 Å². The van der Waals surface area contributed by atoms with Crippen LogP contribution in [0, 0.1) is 13.8 Å². The molecule has 0 radical (unpaired) electrons. The van der Waals surface area contributed by atoms with Crippen LogP contribution < -0.4 is 0 Å². The number of rotatable bonds is 1. The van der Waals surface area contributed by atoms with Crippen molar-refractivity contribution < 1.29 is 0 Å². The van der Waals surface area contributed by atoms with E-state index in [0.717, 1.165) is 4.43 Å². The Morgan fingerprint density at radius 2 is 2.10 bits per heavy atom. The average Bonchev–Trinajstić information content (AvgIpc) is 2.17. The lowest BCUT2D eigenvalue weighted by Crippen LogP contribution is -1.92. The van der Waals surface area contributed by atoms with Crippen molar-refractivity contribution in [2.24, 2.45) is 7.05 Å². The first-order chi connectivity index (χ1) is 4.66. The molecular formula is C7H11IN2. The standard InChI is InChI=1S/C7H11IN2/c1-5-6(2)10(3)9-7(5)4-8/h4H2,1-3H3. The molecule has 0 aromatic carbocycles. The number of hydrogen-bond acceptors (Lipinski definition) is 1. The summed E-state index contributed by atoms with van der Waals surface area (Å²) in [5.74, 6) is 0. The number of hydrogen-bond donors (Lipinski definition) is 0. The highest BCUT2D eigenvalue weighted by molar-refractivity contribution is 14.1. The third-order valence-electron chi connectivity index (χ3n) is 1.86. The van der Waals surface area contributed by atoms with Gasteiger partial charge in [0.2, 0.25) is 0 Å². The monoisotopic (exact) mass is 250 g/mol. The summed E-state index contributed by atoms with van der Waals surface area (Å²) in [6.45, 7) is 4.22. The fraction of sp³-hybridized carbons (Fsp3) is 0.571. The topological polar surface area (TPSA) is 17.8 Å². The first-order valence-electron chi connectivity index (χ1n) is 3.22. The van der Waals surface area contributed by atoms with E-state index in [4.69, 9.17) is 0 Å². The van der Waals surface area contributed by atoms with Crippen LogP contribution in [0.1, 0.15) is 17.0 Å². The van der Waals surface area contributed by atoms with Gasteiger partial charge in [-0.1, -0.05) is 22.6 Å². The summed E-state index contributed by atoms with van der Waals surface area (Å²) in [5.41, 5.74) is 3.81.